The zero-order valence-corrected chi connectivity index (χ0v) is 11.4. The van der Waals surface area contributed by atoms with Gasteiger partial charge in [0.1, 0.15) is 5.82 Å². The molecule has 1 nitrogen and oxygen atoms in total. The van der Waals surface area contributed by atoms with Gasteiger partial charge in [-0.3, -0.25) is 0 Å². The quantitative estimate of drug-likeness (QED) is 0.635. The van der Waals surface area contributed by atoms with Crippen molar-refractivity contribution in [2.75, 3.05) is 0 Å². The second kappa shape index (κ2) is 4.99. The summed E-state index contributed by atoms with van der Waals surface area (Å²) in [6.45, 7) is 0. The van der Waals surface area contributed by atoms with Crippen LogP contribution in [0.4, 0.5) is 4.39 Å². The number of fused-ring (bicyclic) bond motifs is 1. The smallest absolute Gasteiger partial charge is 0.131 e. The Morgan fingerprint density at radius 3 is 2.60 bits per heavy atom. The van der Waals surface area contributed by atoms with Crippen LogP contribution in [-0.2, 0) is 0 Å². The van der Waals surface area contributed by atoms with Gasteiger partial charge in [-0.1, -0.05) is 24.3 Å². The predicted molar refractivity (Wildman–Crippen MR) is 81.3 cm³/mol. The number of nitriles is 1. The zero-order chi connectivity index (χ0) is 14.1. The molecule has 0 aliphatic rings. The largest absolute Gasteiger partial charge is 0.206 e. The van der Waals surface area contributed by atoms with Crippen LogP contribution in [0.15, 0.2) is 59.5 Å². The van der Waals surface area contributed by atoms with E-state index in [0.717, 1.165) is 21.2 Å². The van der Waals surface area contributed by atoms with Gasteiger partial charge in [-0.15, -0.1) is 12.6 Å². The number of benzene rings is 3. The van der Waals surface area contributed by atoms with E-state index < -0.39 is 0 Å². The maximum absolute atomic E-state index is 14.0. The van der Waals surface area contributed by atoms with Gasteiger partial charge in [0.2, 0.25) is 0 Å². The first-order valence-electron chi connectivity index (χ1n) is 6.11. The Bertz CT molecular complexity index is 849. The zero-order valence-electron chi connectivity index (χ0n) is 10.5. The van der Waals surface area contributed by atoms with Crippen molar-refractivity contribution in [2.24, 2.45) is 0 Å². The Kier molecular flexibility index (Phi) is 3.17. The highest BCUT2D eigenvalue weighted by atomic mass is 32.1. The minimum Gasteiger partial charge on any atom is -0.206 e. The maximum Gasteiger partial charge on any atom is 0.131 e. The molecule has 20 heavy (non-hydrogen) atoms. The molecular weight excluding hydrogens is 269 g/mol. The Balaban J connectivity index is 2.28. The van der Waals surface area contributed by atoms with Crippen molar-refractivity contribution in [3.8, 4) is 17.2 Å². The van der Waals surface area contributed by atoms with Crippen molar-refractivity contribution in [1.82, 2.24) is 0 Å². The number of hydrogen-bond acceptors (Lipinski definition) is 2. The molecule has 3 aromatic carbocycles. The van der Waals surface area contributed by atoms with Gasteiger partial charge >= 0.3 is 0 Å². The molecule has 0 heterocycles. The Morgan fingerprint density at radius 2 is 1.80 bits per heavy atom. The van der Waals surface area contributed by atoms with E-state index in [1.54, 1.807) is 6.07 Å². The summed E-state index contributed by atoms with van der Waals surface area (Å²) in [5, 5.41) is 11.0. The van der Waals surface area contributed by atoms with Gasteiger partial charge in [0.05, 0.1) is 11.6 Å². The second-order valence-electron chi connectivity index (χ2n) is 4.52. The molecule has 0 aliphatic heterocycles. The van der Waals surface area contributed by atoms with E-state index in [1.807, 2.05) is 42.5 Å². The van der Waals surface area contributed by atoms with Crippen LogP contribution in [0, 0.1) is 17.1 Å². The third-order valence-corrected chi connectivity index (χ3v) is 3.62. The molecule has 0 spiro atoms. The van der Waals surface area contributed by atoms with Crippen molar-refractivity contribution in [1.29, 1.82) is 5.26 Å². The molecule has 0 aromatic heterocycles. The summed E-state index contributed by atoms with van der Waals surface area (Å²) in [5.74, 6) is -0.341. The lowest BCUT2D eigenvalue weighted by Crippen LogP contribution is -1.87. The SMILES string of the molecule is N#Cc1ccc(F)c(-c2cc(S)c3ccccc3c2)c1. The highest BCUT2D eigenvalue weighted by Crippen LogP contribution is 2.31. The monoisotopic (exact) mass is 279 g/mol. The molecule has 0 radical (unpaired) electrons. The summed E-state index contributed by atoms with van der Waals surface area (Å²) in [7, 11) is 0. The molecule has 3 aromatic rings. The van der Waals surface area contributed by atoms with Gasteiger partial charge in [0.15, 0.2) is 0 Å². The third-order valence-electron chi connectivity index (χ3n) is 3.25. The molecule has 0 N–H and O–H groups in total. The fourth-order valence-electron chi connectivity index (χ4n) is 2.26. The van der Waals surface area contributed by atoms with E-state index in [1.165, 1.54) is 12.1 Å². The van der Waals surface area contributed by atoms with Gasteiger partial charge in [0, 0.05) is 10.5 Å². The first-order chi connectivity index (χ1) is 9.69. The molecule has 96 valence electrons. The highest BCUT2D eigenvalue weighted by Gasteiger charge is 2.09. The van der Waals surface area contributed by atoms with Crippen molar-refractivity contribution in [3.05, 3.63) is 66.0 Å². The van der Waals surface area contributed by atoms with Crippen LogP contribution in [0.2, 0.25) is 0 Å². The summed E-state index contributed by atoms with van der Waals surface area (Å²) in [5.41, 5.74) is 1.59. The average molecular weight is 279 g/mol. The normalized spacial score (nSPS) is 10.4. The minimum absolute atomic E-state index is 0.341. The van der Waals surface area contributed by atoms with E-state index >= 15 is 0 Å². The van der Waals surface area contributed by atoms with Crippen LogP contribution < -0.4 is 0 Å². The molecule has 0 aliphatic carbocycles. The molecule has 0 fully saturated rings. The van der Waals surface area contributed by atoms with Crippen molar-refractivity contribution >= 4 is 23.4 Å². The fraction of sp³-hybridized carbons (Fsp3) is 0. The summed E-state index contributed by atoms with van der Waals surface area (Å²) in [6.07, 6.45) is 0. The number of rotatable bonds is 1. The molecule has 0 saturated carbocycles. The van der Waals surface area contributed by atoms with Crippen molar-refractivity contribution in [2.45, 2.75) is 4.90 Å². The molecule has 0 bridgehead atoms. The minimum atomic E-state index is -0.341. The molecule has 3 heteroatoms. The van der Waals surface area contributed by atoms with E-state index in [9.17, 15) is 4.39 Å². The molecule has 3 rings (SSSR count). The number of halogens is 1. The molecule has 0 amide bonds. The van der Waals surface area contributed by atoms with Crippen LogP contribution in [-0.4, -0.2) is 0 Å². The Labute approximate surface area is 121 Å². The van der Waals surface area contributed by atoms with Crippen LogP contribution >= 0.6 is 12.6 Å². The number of nitrogens with zero attached hydrogens (tertiary/aromatic N) is 1. The van der Waals surface area contributed by atoms with E-state index in [4.69, 9.17) is 5.26 Å². The van der Waals surface area contributed by atoms with Gasteiger partial charge in [0.25, 0.3) is 0 Å². The maximum atomic E-state index is 14.0. The first kappa shape index (κ1) is 12.7. The summed E-state index contributed by atoms with van der Waals surface area (Å²) >= 11 is 4.47. The van der Waals surface area contributed by atoms with Gasteiger partial charge in [-0.2, -0.15) is 5.26 Å². The lowest BCUT2D eigenvalue weighted by atomic mass is 9.99. The van der Waals surface area contributed by atoms with E-state index in [-0.39, 0.29) is 5.82 Å². The number of hydrogen-bond donors (Lipinski definition) is 1. The lowest BCUT2D eigenvalue weighted by Gasteiger charge is -2.08. The Hall–Kier alpha value is -2.31. The summed E-state index contributed by atoms with van der Waals surface area (Å²) in [6, 6.07) is 17.9. The number of thiol groups is 1. The molecule has 0 saturated heterocycles. The van der Waals surface area contributed by atoms with Crippen molar-refractivity contribution in [3.63, 3.8) is 0 Å². The fourth-order valence-corrected chi connectivity index (χ4v) is 2.60. The summed E-state index contributed by atoms with van der Waals surface area (Å²) < 4.78 is 14.0. The predicted octanol–water partition coefficient (Wildman–Crippen LogP) is 4.81. The van der Waals surface area contributed by atoms with Crippen LogP contribution in [0.3, 0.4) is 0 Å². The second-order valence-corrected chi connectivity index (χ2v) is 5.00. The third kappa shape index (κ3) is 2.15. The summed E-state index contributed by atoms with van der Waals surface area (Å²) in [4.78, 5) is 0.792. The average Bonchev–Trinajstić information content (AvgIpc) is 2.48. The van der Waals surface area contributed by atoms with Gasteiger partial charge in [-0.25, -0.2) is 4.39 Å². The standard InChI is InChI=1S/C17H10FNS/c18-16-6-5-11(10-19)7-15(16)13-8-12-3-1-2-4-14(12)17(20)9-13/h1-9,20H. The Morgan fingerprint density at radius 1 is 1.00 bits per heavy atom. The van der Waals surface area contributed by atoms with Crippen LogP contribution in [0.25, 0.3) is 21.9 Å². The first-order valence-corrected chi connectivity index (χ1v) is 6.55. The van der Waals surface area contributed by atoms with Crippen LogP contribution in [0.1, 0.15) is 5.56 Å². The molecule has 0 unspecified atom stereocenters. The van der Waals surface area contributed by atoms with Crippen LogP contribution in [0.5, 0.6) is 0 Å². The lowest BCUT2D eigenvalue weighted by molar-refractivity contribution is 0.631. The highest BCUT2D eigenvalue weighted by molar-refractivity contribution is 7.80. The van der Waals surface area contributed by atoms with Gasteiger partial charge < -0.3 is 0 Å². The van der Waals surface area contributed by atoms with Crippen molar-refractivity contribution < 1.29 is 4.39 Å². The van der Waals surface area contributed by atoms with Gasteiger partial charge in [-0.05, 0) is 46.7 Å². The van der Waals surface area contributed by atoms with E-state index in [0.29, 0.717) is 11.1 Å². The van der Waals surface area contributed by atoms with E-state index in [2.05, 4.69) is 12.6 Å². The molecule has 0 atom stereocenters. The topological polar surface area (TPSA) is 23.8 Å². The molecular formula is C17H10FNS.